The second kappa shape index (κ2) is 8.26. The first-order valence-electron chi connectivity index (χ1n) is 7.49. The molecule has 0 atom stereocenters. The maximum atomic E-state index is 12.4. The Morgan fingerprint density at radius 3 is 2.38 bits per heavy atom. The van der Waals surface area contributed by atoms with Crippen LogP contribution in [0, 0.1) is 0 Å². The van der Waals surface area contributed by atoms with Crippen molar-refractivity contribution in [2.75, 3.05) is 26.5 Å². The third kappa shape index (κ3) is 4.67. The van der Waals surface area contributed by atoms with Crippen LogP contribution in [0.25, 0.3) is 0 Å². The van der Waals surface area contributed by atoms with E-state index < -0.39 is 10.0 Å². The molecule has 9 heteroatoms. The number of amides is 1. The summed E-state index contributed by atoms with van der Waals surface area (Å²) in [7, 11) is 0.501. The molecule has 0 aliphatic carbocycles. The van der Waals surface area contributed by atoms with E-state index in [0.29, 0.717) is 21.3 Å². The van der Waals surface area contributed by atoms with E-state index in [1.807, 2.05) is 0 Å². The van der Waals surface area contributed by atoms with Gasteiger partial charge in [-0.15, -0.1) is 0 Å². The van der Waals surface area contributed by atoms with Crippen molar-refractivity contribution in [2.24, 2.45) is 0 Å². The van der Waals surface area contributed by atoms with Crippen LogP contribution in [0.4, 0.5) is 5.69 Å². The maximum absolute atomic E-state index is 12.4. The number of halogens is 2. The lowest BCUT2D eigenvalue weighted by atomic mass is 10.1. The van der Waals surface area contributed by atoms with Crippen LogP contribution < -0.4 is 10.1 Å². The lowest BCUT2D eigenvalue weighted by Crippen LogP contribution is -2.23. The third-order valence-corrected chi connectivity index (χ3v) is 6.13. The largest absolute Gasteiger partial charge is 0.495 e. The summed E-state index contributed by atoms with van der Waals surface area (Å²) in [4.78, 5) is 12.2. The van der Waals surface area contributed by atoms with Gasteiger partial charge in [0.25, 0.3) is 0 Å². The topological polar surface area (TPSA) is 75.7 Å². The first-order chi connectivity index (χ1) is 12.1. The zero-order valence-corrected chi connectivity index (χ0v) is 16.7. The van der Waals surface area contributed by atoms with Crippen molar-refractivity contribution in [3.8, 4) is 5.75 Å². The summed E-state index contributed by atoms with van der Waals surface area (Å²) < 4.78 is 31.0. The summed E-state index contributed by atoms with van der Waals surface area (Å²) in [5, 5.41) is 3.44. The van der Waals surface area contributed by atoms with Crippen molar-refractivity contribution in [2.45, 2.75) is 11.3 Å². The highest BCUT2D eigenvalue weighted by Gasteiger charge is 2.23. The van der Waals surface area contributed by atoms with Gasteiger partial charge in [0.15, 0.2) is 0 Å². The number of nitrogens with one attached hydrogen (secondary N) is 1. The fourth-order valence-corrected chi connectivity index (χ4v) is 3.59. The molecule has 0 heterocycles. The van der Waals surface area contributed by atoms with E-state index in [1.54, 1.807) is 24.3 Å². The van der Waals surface area contributed by atoms with Gasteiger partial charge in [0.2, 0.25) is 15.9 Å². The predicted molar refractivity (Wildman–Crippen MR) is 103 cm³/mol. The van der Waals surface area contributed by atoms with Gasteiger partial charge in [-0.25, -0.2) is 12.7 Å². The normalized spacial score (nSPS) is 11.5. The minimum Gasteiger partial charge on any atom is -0.495 e. The van der Waals surface area contributed by atoms with Crippen molar-refractivity contribution in [1.29, 1.82) is 0 Å². The van der Waals surface area contributed by atoms with E-state index in [2.05, 4.69) is 5.32 Å². The molecule has 0 aliphatic heterocycles. The van der Waals surface area contributed by atoms with Crippen LogP contribution in [-0.4, -0.2) is 39.8 Å². The van der Waals surface area contributed by atoms with Gasteiger partial charge in [0, 0.05) is 19.8 Å². The van der Waals surface area contributed by atoms with Crippen LogP contribution in [0.5, 0.6) is 5.75 Å². The van der Waals surface area contributed by atoms with Crippen molar-refractivity contribution >= 4 is 44.8 Å². The van der Waals surface area contributed by atoms with E-state index in [0.717, 1.165) is 4.31 Å². The molecule has 0 bridgehead atoms. The quantitative estimate of drug-likeness (QED) is 0.782. The Balaban J connectivity index is 2.24. The summed E-state index contributed by atoms with van der Waals surface area (Å²) in [6.45, 7) is 0. The van der Waals surface area contributed by atoms with Gasteiger partial charge in [0.05, 0.1) is 23.6 Å². The lowest BCUT2D eigenvalue weighted by Gasteiger charge is -2.16. The molecule has 2 aromatic rings. The number of hydrogen-bond donors (Lipinski definition) is 1. The molecular weight excluding hydrogens is 399 g/mol. The number of sulfonamides is 1. The van der Waals surface area contributed by atoms with Gasteiger partial charge in [-0.2, -0.15) is 0 Å². The zero-order valence-electron chi connectivity index (χ0n) is 14.4. The molecule has 0 aliphatic rings. The van der Waals surface area contributed by atoms with Gasteiger partial charge in [0.1, 0.15) is 10.6 Å². The molecule has 0 saturated carbocycles. The molecular formula is C17H18Cl2N2O4S. The molecule has 1 N–H and O–H groups in total. The molecule has 0 aromatic heterocycles. The van der Waals surface area contributed by atoms with Crippen molar-refractivity contribution in [3.05, 3.63) is 52.0 Å². The number of rotatable bonds is 6. The molecule has 140 valence electrons. The zero-order chi connectivity index (χ0) is 19.5. The van der Waals surface area contributed by atoms with Gasteiger partial charge in [-0.3, -0.25) is 4.79 Å². The smallest absolute Gasteiger partial charge is 0.246 e. The SMILES string of the molecule is COc1ccc(NC(=O)Cc2ccc(Cl)c(Cl)c2)cc1S(=O)(=O)N(C)C. The number of methoxy groups -OCH3 is 1. The lowest BCUT2D eigenvalue weighted by molar-refractivity contribution is -0.115. The Kier molecular flexibility index (Phi) is 6.52. The molecule has 0 unspecified atom stereocenters. The highest BCUT2D eigenvalue weighted by Crippen LogP contribution is 2.29. The van der Waals surface area contributed by atoms with Crippen LogP contribution in [-0.2, 0) is 21.2 Å². The summed E-state index contributed by atoms with van der Waals surface area (Å²) in [6, 6.07) is 9.34. The molecule has 2 rings (SSSR count). The van der Waals surface area contributed by atoms with Crippen LogP contribution in [0.3, 0.4) is 0 Å². The summed E-state index contributed by atoms with van der Waals surface area (Å²) in [5.74, 6) is -0.122. The number of ether oxygens (including phenoxy) is 1. The van der Waals surface area contributed by atoms with Crippen LogP contribution in [0.15, 0.2) is 41.3 Å². The van der Waals surface area contributed by atoms with Gasteiger partial charge < -0.3 is 10.1 Å². The first-order valence-corrected chi connectivity index (χ1v) is 9.69. The van der Waals surface area contributed by atoms with E-state index in [1.165, 1.54) is 33.3 Å². The molecule has 26 heavy (non-hydrogen) atoms. The maximum Gasteiger partial charge on any atom is 0.246 e. The predicted octanol–water partition coefficient (Wildman–Crippen LogP) is 3.43. The number of nitrogens with zero attached hydrogens (tertiary/aromatic N) is 1. The van der Waals surface area contributed by atoms with Crippen LogP contribution >= 0.6 is 23.2 Å². The summed E-state index contributed by atoms with van der Waals surface area (Å²) in [6.07, 6.45) is 0.0681. The average molecular weight is 417 g/mol. The minimum atomic E-state index is -3.72. The fourth-order valence-electron chi connectivity index (χ4n) is 2.19. The van der Waals surface area contributed by atoms with E-state index >= 15 is 0 Å². The Bertz CT molecular complexity index is 930. The Morgan fingerprint density at radius 1 is 1.12 bits per heavy atom. The second-order valence-corrected chi connectivity index (χ2v) is 8.56. The summed E-state index contributed by atoms with van der Waals surface area (Å²) >= 11 is 11.8. The highest BCUT2D eigenvalue weighted by molar-refractivity contribution is 7.89. The van der Waals surface area contributed by atoms with Crippen LogP contribution in [0.1, 0.15) is 5.56 Å². The monoisotopic (exact) mass is 416 g/mol. The molecule has 1 amide bonds. The molecule has 0 spiro atoms. The van der Waals surface area contributed by atoms with E-state index in [4.69, 9.17) is 27.9 Å². The summed E-state index contributed by atoms with van der Waals surface area (Å²) in [5.41, 5.74) is 1.03. The minimum absolute atomic E-state index is 0.0302. The van der Waals surface area contributed by atoms with Gasteiger partial charge in [-0.05, 0) is 35.9 Å². The molecule has 0 radical (unpaired) electrons. The molecule has 0 fully saturated rings. The van der Waals surface area contributed by atoms with E-state index in [-0.39, 0.29) is 23.0 Å². The van der Waals surface area contributed by atoms with E-state index in [9.17, 15) is 13.2 Å². The van der Waals surface area contributed by atoms with Crippen molar-refractivity contribution in [1.82, 2.24) is 4.31 Å². The standard InChI is InChI=1S/C17H18Cl2N2O4S/c1-21(2)26(23,24)16-10-12(5-7-15(16)25-3)20-17(22)9-11-4-6-13(18)14(19)8-11/h4-8,10H,9H2,1-3H3,(H,20,22). The first kappa shape index (κ1) is 20.5. The molecule has 6 nitrogen and oxygen atoms in total. The Labute approximate surface area is 162 Å². The number of carbonyl (C=O) groups is 1. The van der Waals surface area contributed by atoms with Crippen molar-refractivity contribution < 1.29 is 17.9 Å². The third-order valence-electron chi connectivity index (χ3n) is 3.55. The van der Waals surface area contributed by atoms with Gasteiger partial charge in [-0.1, -0.05) is 29.3 Å². The molecule has 2 aromatic carbocycles. The fraction of sp³-hybridized carbons (Fsp3) is 0.235. The van der Waals surface area contributed by atoms with Gasteiger partial charge >= 0.3 is 0 Å². The molecule has 0 saturated heterocycles. The number of benzene rings is 2. The number of carbonyl (C=O) groups excluding carboxylic acids is 1. The Hall–Kier alpha value is -1.80. The average Bonchev–Trinajstić information content (AvgIpc) is 2.58. The number of anilines is 1. The number of hydrogen-bond acceptors (Lipinski definition) is 4. The van der Waals surface area contributed by atoms with Crippen LogP contribution in [0.2, 0.25) is 10.0 Å². The van der Waals surface area contributed by atoms with Crippen molar-refractivity contribution in [3.63, 3.8) is 0 Å². The second-order valence-electron chi connectivity index (χ2n) is 5.63. The Morgan fingerprint density at radius 2 is 1.81 bits per heavy atom. The highest BCUT2D eigenvalue weighted by atomic mass is 35.5.